The van der Waals surface area contributed by atoms with Gasteiger partial charge in [-0.2, -0.15) is 0 Å². The van der Waals surface area contributed by atoms with Gasteiger partial charge >= 0.3 is 5.97 Å². The van der Waals surface area contributed by atoms with Gasteiger partial charge in [0.05, 0.1) is 5.69 Å². The number of carbonyl (C=O) groups is 1. The minimum absolute atomic E-state index is 0.373. The number of nitrogens with one attached hydrogen (secondary N) is 1. The predicted octanol–water partition coefficient (Wildman–Crippen LogP) is 2.37. The van der Waals surface area contributed by atoms with Crippen LogP contribution in [0.4, 0.5) is 0 Å². The molecule has 0 radical (unpaired) electrons. The van der Waals surface area contributed by atoms with Crippen molar-refractivity contribution >= 4 is 17.7 Å². The van der Waals surface area contributed by atoms with E-state index >= 15 is 0 Å². The van der Waals surface area contributed by atoms with Crippen LogP contribution in [0.5, 0.6) is 0 Å². The molecule has 0 amide bonds. The van der Waals surface area contributed by atoms with Crippen LogP contribution in [-0.2, 0) is 4.79 Å². The van der Waals surface area contributed by atoms with Gasteiger partial charge in [-0.05, 0) is 40.0 Å². The third kappa shape index (κ3) is 3.73. The summed E-state index contributed by atoms with van der Waals surface area (Å²) in [4.78, 5) is 15.7. The van der Waals surface area contributed by atoms with Crippen LogP contribution in [0.3, 0.4) is 0 Å². The highest BCUT2D eigenvalue weighted by atomic mass is 32.2. The molecule has 1 saturated carbocycles. The van der Waals surface area contributed by atoms with Gasteiger partial charge in [-0.15, -0.1) is 0 Å². The molecule has 5 nitrogen and oxygen atoms in total. The van der Waals surface area contributed by atoms with Crippen LogP contribution in [-0.4, -0.2) is 33.4 Å². The molecule has 2 rings (SSSR count). The molecule has 1 aromatic heterocycles. The number of oxazole rings is 1. The number of aliphatic carboxylic acids is 1. The standard InChI is InChI=1S/C13H20N2O3S/c1-8-9(2)18-12(14-8)19-7-6-13(3,11(16)17)15-10-4-5-10/h10,15H,4-7H2,1-3H3,(H,16,17). The van der Waals surface area contributed by atoms with Gasteiger partial charge in [0.25, 0.3) is 5.22 Å². The number of hydrogen-bond donors (Lipinski definition) is 2. The van der Waals surface area contributed by atoms with Crippen LogP contribution >= 0.6 is 11.8 Å². The van der Waals surface area contributed by atoms with Crippen molar-refractivity contribution in [3.05, 3.63) is 11.5 Å². The summed E-state index contributed by atoms with van der Waals surface area (Å²) in [7, 11) is 0. The molecule has 1 fully saturated rings. The molecular formula is C13H20N2O3S. The van der Waals surface area contributed by atoms with Gasteiger partial charge < -0.3 is 9.52 Å². The lowest BCUT2D eigenvalue weighted by molar-refractivity contribution is -0.144. The van der Waals surface area contributed by atoms with E-state index in [0.717, 1.165) is 24.3 Å². The second-order valence-electron chi connectivity index (χ2n) is 5.28. The highest BCUT2D eigenvalue weighted by molar-refractivity contribution is 7.99. The van der Waals surface area contributed by atoms with Gasteiger partial charge in [-0.1, -0.05) is 11.8 Å². The minimum atomic E-state index is -0.856. The van der Waals surface area contributed by atoms with Crippen LogP contribution in [0.1, 0.15) is 37.6 Å². The molecule has 0 aliphatic heterocycles. The van der Waals surface area contributed by atoms with Crippen LogP contribution < -0.4 is 5.32 Å². The number of thioether (sulfide) groups is 1. The number of aromatic nitrogens is 1. The maximum atomic E-state index is 11.4. The summed E-state index contributed by atoms with van der Waals surface area (Å²) in [6.07, 6.45) is 2.70. The van der Waals surface area contributed by atoms with Gasteiger partial charge in [0.15, 0.2) is 0 Å². The van der Waals surface area contributed by atoms with Gasteiger partial charge in [0.2, 0.25) is 0 Å². The molecule has 1 unspecified atom stereocenters. The first-order chi connectivity index (χ1) is 8.90. The van der Waals surface area contributed by atoms with Crippen molar-refractivity contribution in [3.63, 3.8) is 0 Å². The SMILES string of the molecule is Cc1nc(SCCC(C)(NC2CC2)C(=O)O)oc1C. The van der Waals surface area contributed by atoms with Crippen LogP contribution in [0, 0.1) is 13.8 Å². The average Bonchev–Trinajstić information content (AvgIpc) is 3.06. The normalized spacial score (nSPS) is 18.3. The average molecular weight is 284 g/mol. The first kappa shape index (κ1) is 14.4. The van der Waals surface area contributed by atoms with Crippen molar-refractivity contribution < 1.29 is 14.3 Å². The third-order valence-electron chi connectivity index (χ3n) is 3.41. The number of rotatable bonds is 7. The zero-order valence-corrected chi connectivity index (χ0v) is 12.3. The van der Waals surface area contributed by atoms with E-state index in [1.54, 1.807) is 6.92 Å². The Hall–Kier alpha value is -1.01. The lowest BCUT2D eigenvalue weighted by atomic mass is 9.99. The molecule has 106 valence electrons. The molecule has 2 N–H and O–H groups in total. The summed E-state index contributed by atoms with van der Waals surface area (Å²) in [5, 5.41) is 13.2. The highest BCUT2D eigenvalue weighted by Gasteiger charge is 2.38. The molecule has 0 spiro atoms. The van der Waals surface area contributed by atoms with E-state index in [-0.39, 0.29) is 0 Å². The predicted molar refractivity (Wildman–Crippen MR) is 73.5 cm³/mol. The summed E-state index contributed by atoms with van der Waals surface area (Å²) in [5.74, 6) is 0.696. The number of carboxylic acid groups (broad SMARTS) is 1. The van der Waals surface area contributed by atoms with E-state index in [1.807, 2.05) is 13.8 Å². The first-order valence-corrected chi connectivity index (χ1v) is 7.47. The number of nitrogens with zero attached hydrogens (tertiary/aromatic N) is 1. The highest BCUT2D eigenvalue weighted by Crippen LogP contribution is 2.27. The molecule has 1 aromatic rings. The van der Waals surface area contributed by atoms with Crippen LogP contribution in [0.15, 0.2) is 9.64 Å². The van der Waals surface area contributed by atoms with Crippen LogP contribution in [0.2, 0.25) is 0 Å². The topological polar surface area (TPSA) is 75.4 Å². The number of carboxylic acids is 1. The lowest BCUT2D eigenvalue weighted by Gasteiger charge is -2.25. The molecule has 1 aliphatic carbocycles. The second-order valence-corrected chi connectivity index (χ2v) is 6.32. The Bertz CT molecular complexity index is 451. The van der Waals surface area contributed by atoms with E-state index < -0.39 is 11.5 Å². The number of aryl methyl sites for hydroxylation is 2. The zero-order valence-electron chi connectivity index (χ0n) is 11.5. The molecule has 0 aromatic carbocycles. The maximum absolute atomic E-state index is 11.4. The molecule has 6 heteroatoms. The zero-order chi connectivity index (χ0) is 14.0. The first-order valence-electron chi connectivity index (χ1n) is 6.48. The largest absolute Gasteiger partial charge is 0.480 e. The van der Waals surface area contributed by atoms with Crippen molar-refractivity contribution in [1.82, 2.24) is 10.3 Å². The van der Waals surface area contributed by atoms with E-state index in [1.165, 1.54) is 11.8 Å². The Morgan fingerprint density at radius 3 is 2.74 bits per heavy atom. The smallest absolute Gasteiger partial charge is 0.323 e. The Kier molecular flexibility index (Phi) is 4.20. The van der Waals surface area contributed by atoms with Gasteiger partial charge in [0.1, 0.15) is 11.3 Å². The van der Waals surface area contributed by atoms with Crippen molar-refractivity contribution in [1.29, 1.82) is 0 Å². The summed E-state index contributed by atoms with van der Waals surface area (Å²) in [5.41, 5.74) is 0.0322. The fraction of sp³-hybridized carbons (Fsp3) is 0.692. The Labute approximate surface area is 117 Å². The molecule has 19 heavy (non-hydrogen) atoms. The maximum Gasteiger partial charge on any atom is 0.323 e. The molecule has 1 atom stereocenters. The van der Waals surface area contributed by atoms with Gasteiger partial charge in [-0.3, -0.25) is 10.1 Å². The Balaban J connectivity index is 1.86. The van der Waals surface area contributed by atoms with E-state index in [0.29, 0.717) is 23.4 Å². The molecule has 1 heterocycles. The summed E-state index contributed by atoms with van der Waals surface area (Å²) in [6, 6.07) is 0.373. The summed E-state index contributed by atoms with van der Waals surface area (Å²) in [6.45, 7) is 5.53. The van der Waals surface area contributed by atoms with E-state index in [9.17, 15) is 9.90 Å². The number of hydrogen-bond acceptors (Lipinski definition) is 5. The fourth-order valence-electron chi connectivity index (χ4n) is 1.77. The van der Waals surface area contributed by atoms with Crippen LogP contribution in [0.25, 0.3) is 0 Å². The van der Waals surface area contributed by atoms with Gasteiger partial charge in [-0.25, -0.2) is 4.98 Å². The van der Waals surface area contributed by atoms with Crippen molar-refractivity contribution in [2.75, 3.05) is 5.75 Å². The molecule has 0 saturated heterocycles. The summed E-state index contributed by atoms with van der Waals surface area (Å²) < 4.78 is 5.47. The Morgan fingerprint density at radius 2 is 2.26 bits per heavy atom. The second kappa shape index (κ2) is 5.54. The fourth-order valence-corrected chi connectivity index (χ4v) is 2.84. The monoisotopic (exact) mass is 284 g/mol. The van der Waals surface area contributed by atoms with Gasteiger partial charge in [0, 0.05) is 11.8 Å². The quantitative estimate of drug-likeness (QED) is 0.749. The Morgan fingerprint density at radius 1 is 1.58 bits per heavy atom. The molecule has 0 bridgehead atoms. The van der Waals surface area contributed by atoms with Crippen molar-refractivity contribution in [2.24, 2.45) is 0 Å². The third-order valence-corrected chi connectivity index (χ3v) is 4.24. The van der Waals surface area contributed by atoms with E-state index in [4.69, 9.17) is 4.42 Å². The van der Waals surface area contributed by atoms with Crippen molar-refractivity contribution in [2.45, 2.75) is 56.8 Å². The van der Waals surface area contributed by atoms with Crippen molar-refractivity contribution in [3.8, 4) is 0 Å². The summed E-state index contributed by atoms with van der Waals surface area (Å²) >= 11 is 1.47. The van der Waals surface area contributed by atoms with E-state index in [2.05, 4.69) is 10.3 Å². The molecule has 1 aliphatic rings. The lowest BCUT2D eigenvalue weighted by Crippen LogP contribution is -2.50. The molecular weight excluding hydrogens is 264 g/mol. The minimum Gasteiger partial charge on any atom is -0.480 e.